The molecule has 1 aliphatic carbocycles. The summed E-state index contributed by atoms with van der Waals surface area (Å²) < 4.78 is 30.5. The number of sulfonamides is 1. The van der Waals surface area contributed by atoms with Gasteiger partial charge < -0.3 is 4.90 Å². The third-order valence-electron chi connectivity index (χ3n) is 6.49. The molecule has 158 valence electrons. The van der Waals surface area contributed by atoms with Gasteiger partial charge in [-0.2, -0.15) is 15.3 Å². The van der Waals surface area contributed by atoms with Crippen LogP contribution >= 0.6 is 0 Å². The molecule has 2 fully saturated rings. The lowest BCUT2D eigenvalue weighted by atomic mass is 10.0. The van der Waals surface area contributed by atoms with E-state index in [4.69, 9.17) is 0 Å². The lowest BCUT2D eigenvalue weighted by Crippen LogP contribution is -2.44. The minimum Gasteiger partial charge on any atom is -0.369 e. The highest BCUT2D eigenvalue weighted by Crippen LogP contribution is 2.48. The van der Waals surface area contributed by atoms with Gasteiger partial charge in [0, 0.05) is 31.7 Å². The predicted octanol–water partition coefficient (Wildman–Crippen LogP) is 2.13. The number of pyridine rings is 1. The third kappa shape index (κ3) is 2.71. The average molecular weight is 436 g/mol. The zero-order chi connectivity index (χ0) is 21.2. The van der Waals surface area contributed by atoms with Gasteiger partial charge in [-0.15, -0.1) is 0 Å². The van der Waals surface area contributed by atoms with Crippen LogP contribution in [0.3, 0.4) is 0 Å². The van der Waals surface area contributed by atoms with Gasteiger partial charge in [-0.3, -0.25) is 14.4 Å². The van der Waals surface area contributed by atoms with Gasteiger partial charge >= 0.3 is 0 Å². The Hall–Kier alpha value is -3.27. The van der Waals surface area contributed by atoms with Crippen LogP contribution in [-0.4, -0.2) is 48.7 Å². The van der Waals surface area contributed by atoms with Crippen molar-refractivity contribution >= 4 is 44.7 Å². The van der Waals surface area contributed by atoms with E-state index in [-0.39, 0.29) is 0 Å². The van der Waals surface area contributed by atoms with E-state index in [1.807, 2.05) is 18.2 Å². The quantitative estimate of drug-likeness (QED) is 0.661. The number of aromatic nitrogens is 3. The minimum absolute atomic E-state index is 0.422. The van der Waals surface area contributed by atoms with Crippen LogP contribution in [0.15, 0.2) is 52.9 Å². The first-order valence-corrected chi connectivity index (χ1v) is 11.7. The standard InChI is InChI=1S/C21H21N7O2S/c1-27-19-14(9-25-27)4-2-5-17(19)26-31(29,30)21(12-23-24-13-21)20-18(6-3-7-22-20)28-10-15-8-16(15)11-28/h2-7,9,12-13,15-16,26H,8,10-11H2,1H3. The van der Waals surface area contributed by atoms with Crippen LogP contribution in [0.2, 0.25) is 0 Å². The summed E-state index contributed by atoms with van der Waals surface area (Å²) in [7, 11) is -2.27. The lowest BCUT2D eigenvalue weighted by Gasteiger charge is -2.29. The SMILES string of the molecule is Cn1ncc2cccc(NS(=O)(=O)C3(c4ncccc4N4CC5CC5C4)C=NN=C3)c21. The molecule has 1 aromatic carbocycles. The number of benzene rings is 1. The fourth-order valence-electron chi connectivity index (χ4n) is 4.75. The maximum atomic E-state index is 13.9. The first kappa shape index (κ1) is 18.5. The molecule has 4 heterocycles. The van der Waals surface area contributed by atoms with Gasteiger partial charge in [0.15, 0.2) is 0 Å². The van der Waals surface area contributed by atoms with E-state index in [1.54, 1.807) is 36.3 Å². The van der Waals surface area contributed by atoms with Crippen molar-refractivity contribution in [3.63, 3.8) is 0 Å². The lowest BCUT2D eigenvalue weighted by molar-refractivity contribution is 0.591. The van der Waals surface area contributed by atoms with Gasteiger partial charge in [-0.05, 0) is 36.5 Å². The molecule has 2 aromatic heterocycles. The van der Waals surface area contributed by atoms with Crippen LogP contribution in [0.4, 0.5) is 11.4 Å². The fraction of sp³-hybridized carbons (Fsp3) is 0.333. The van der Waals surface area contributed by atoms with Gasteiger partial charge in [-0.1, -0.05) is 12.1 Å². The Morgan fingerprint density at radius 2 is 1.87 bits per heavy atom. The number of piperidine rings is 1. The Morgan fingerprint density at radius 3 is 2.65 bits per heavy atom. The second-order valence-corrected chi connectivity index (χ2v) is 10.3. The molecule has 6 rings (SSSR count). The Balaban J connectivity index is 1.46. The van der Waals surface area contributed by atoms with E-state index >= 15 is 0 Å². The minimum atomic E-state index is -4.05. The highest BCUT2D eigenvalue weighted by atomic mass is 32.2. The maximum absolute atomic E-state index is 13.9. The van der Waals surface area contributed by atoms with Crippen molar-refractivity contribution in [3.05, 3.63) is 48.4 Å². The molecule has 3 aromatic rings. The van der Waals surface area contributed by atoms with Gasteiger partial charge in [0.1, 0.15) is 0 Å². The Morgan fingerprint density at radius 1 is 1.10 bits per heavy atom. The number of hydrogen-bond donors (Lipinski definition) is 1. The van der Waals surface area contributed by atoms with Crippen LogP contribution in [-0.2, 0) is 21.8 Å². The molecular weight excluding hydrogens is 414 g/mol. The molecule has 1 N–H and O–H groups in total. The molecule has 10 heteroatoms. The van der Waals surface area contributed by atoms with Gasteiger partial charge in [-0.25, -0.2) is 8.42 Å². The second kappa shape index (κ2) is 6.36. The van der Waals surface area contributed by atoms with E-state index in [0.29, 0.717) is 28.7 Å². The summed E-state index contributed by atoms with van der Waals surface area (Å²) >= 11 is 0. The molecule has 2 aliphatic heterocycles. The van der Waals surface area contributed by atoms with Gasteiger partial charge in [0.05, 0.1) is 41.2 Å². The first-order chi connectivity index (χ1) is 15.0. The van der Waals surface area contributed by atoms with Gasteiger partial charge in [0.2, 0.25) is 4.75 Å². The number of para-hydroxylation sites is 1. The van der Waals surface area contributed by atoms with E-state index in [9.17, 15) is 8.42 Å². The molecule has 0 spiro atoms. The van der Waals surface area contributed by atoms with Crippen molar-refractivity contribution in [1.82, 2.24) is 14.8 Å². The highest BCUT2D eigenvalue weighted by Gasteiger charge is 2.51. The number of nitrogens with zero attached hydrogens (tertiary/aromatic N) is 6. The van der Waals surface area contributed by atoms with Crippen molar-refractivity contribution < 1.29 is 8.42 Å². The zero-order valence-electron chi connectivity index (χ0n) is 16.9. The molecule has 1 saturated heterocycles. The molecule has 0 amide bonds. The number of hydrogen-bond acceptors (Lipinski definition) is 7. The van der Waals surface area contributed by atoms with Crippen molar-refractivity contribution in [2.45, 2.75) is 11.2 Å². The van der Waals surface area contributed by atoms with E-state index in [2.05, 4.69) is 29.9 Å². The van der Waals surface area contributed by atoms with Crippen molar-refractivity contribution in [2.24, 2.45) is 29.1 Å². The monoisotopic (exact) mass is 435 g/mol. The summed E-state index contributed by atoms with van der Waals surface area (Å²) in [5.74, 6) is 1.40. The topological polar surface area (TPSA) is 105 Å². The van der Waals surface area contributed by atoms with E-state index < -0.39 is 14.8 Å². The van der Waals surface area contributed by atoms with Crippen LogP contribution in [0.25, 0.3) is 10.9 Å². The third-order valence-corrected chi connectivity index (χ3v) is 8.27. The number of fused-ring (bicyclic) bond motifs is 2. The number of rotatable bonds is 5. The van der Waals surface area contributed by atoms with Gasteiger partial charge in [0.25, 0.3) is 10.0 Å². The summed E-state index contributed by atoms with van der Waals surface area (Å²) in [6.45, 7) is 1.85. The molecule has 0 bridgehead atoms. The number of aryl methyl sites for hydroxylation is 1. The largest absolute Gasteiger partial charge is 0.369 e. The predicted molar refractivity (Wildman–Crippen MR) is 120 cm³/mol. The van der Waals surface area contributed by atoms with Crippen LogP contribution in [0.1, 0.15) is 12.1 Å². The average Bonchev–Trinajstić information content (AvgIpc) is 3.16. The highest BCUT2D eigenvalue weighted by molar-refractivity contribution is 7.95. The summed E-state index contributed by atoms with van der Waals surface area (Å²) in [5, 5.41) is 13.0. The Bertz CT molecular complexity index is 1340. The number of nitrogens with one attached hydrogen (secondary N) is 1. The molecule has 9 nitrogen and oxygen atoms in total. The fourth-order valence-corrected chi connectivity index (χ4v) is 6.16. The molecule has 2 atom stereocenters. The second-order valence-electron chi connectivity index (χ2n) is 8.43. The summed E-state index contributed by atoms with van der Waals surface area (Å²) in [6.07, 6.45) is 7.31. The zero-order valence-corrected chi connectivity index (χ0v) is 17.7. The molecule has 3 aliphatic rings. The smallest absolute Gasteiger partial charge is 0.255 e. The maximum Gasteiger partial charge on any atom is 0.255 e. The normalized spacial score (nSPS) is 23.5. The van der Waals surface area contributed by atoms with Crippen LogP contribution < -0.4 is 9.62 Å². The van der Waals surface area contributed by atoms with E-state index in [0.717, 1.165) is 24.2 Å². The summed E-state index contributed by atoms with van der Waals surface area (Å²) in [6, 6.07) is 9.20. The molecule has 1 saturated carbocycles. The number of anilines is 2. The molecule has 2 unspecified atom stereocenters. The molecular formula is C21H21N7O2S. The van der Waals surface area contributed by atoms with Crippen LogP contribution in [0.5, 0.6) is 0 Å². The van der Waals surface area contributed by atoms with Crippen LogP contribution in [0, 0.1) is 11.8 Å². The van der Waals surface area contributed by atoms with Crippen molar-refractivity contribution in [2.75, 3.05) is 22.7 Å². The Labute approximate surface area is 179 Å². The van der Waals surface area contributed by atoms with Crippen molar-refractivity contribution in [3.8, 4) is 0 Å². The first-order valence-electron chi connectivity index (χ1n) is 10.2. The van der Waals surface area contributed by atoms with Crippen molar-refractivity contribution in [1.29, 1.82) is 0 Å². The summed E-state index contributed by atoms with van der Waals surface area (Å²) in [5.41, 5.74) is 2.39. The molecule has 31 heavy (non-hydrogen) atoms. The molecule has 0 radical (unpaired) electrons. The van der Waals surface area contributed by atoms with E-state index in [1.165, 1.54) is 18.9 Å². The summed E-state index contributed by atoms with van der Waals surface area (Å²) in [4.78, 5) is 6.77. The Kier molecular flexibility index (Phi) is 3.80.